The van der Waals surface area contributed by atoms with E-state index in [1.54, 1.807) is 41.7 Å². The second kappa shape index (κ2) is 11.6. The first-order valence-electron chi connectivity index (χ1n) is 12.0. The van der Waals surface area contributed by atoms with Crippen LogP contribution in [-0.2, 0) is 33.4 Å². The Morgan fingerprint density at radius 1 is 1.15 bits per heavy atom. The minimum Gasteiger partial charge on any atom is -0.458 e. The summed E-state index contributed by atoms with van der Waals surface area (Å²) in [6.45, 7) is 18.1. The van der Waals surface area contributed by atoms with Crippen molar-refractivity contribution in [2.24, 2.45) is 35.3 Å². The van der Waals surface area contributed by atoms with E-state index in [1.807, 2.05) is 13.8 Å². The summed E-state index contributed by atoms with van der Waals surface area (Å²) in [6.07, 6.45) is -0.358. The second-order valence-corrected chi connectivity index (χ2v) is 10.3. The molecule has 194 valence electrons. The van der Waals surface area contributed by atoms with E-state index in [9.17, 15) is 19.2 Å². The average Bonchev–Trinajstić information content (AvgIpc) is 2.78. The number of hydrogen-bond acceptors (Lipinski definition) is 8. The number of ether oxygens (including phenoxy) is 3. The summed E-state index contributed by atoms with van der Waals surface area (Å²) in [6, 6.07) is -0.955. The summed E-state index contributed by atoms with van der Waals surface area (Å²) >= 11 is 0. The van der Waals surface area contributed by atoms with Gasteiger partial charge in [0.1, 0.15) is 23.6 Å². The summed E-state index contributed by atoms with van der Waals surface area (Å²) in [5, 5.41) is 0. The van der Waals surface area contributed by atoms with Crippen molar-refractivity contribution < 1.29 is 33.4 Å². The van der Waals surface area contributed by atoms with Crippen molar-refractivity contribution in [1.29, 1.82) is 0 Å². The molecule has 0 aliphatic carbocycles. The highest BCUT2D eigenvalue weighted by atomic mass is 16.6. The monoisotopic (exact) mass is 481 g/mol. The number of ketones is 2. The molecule has 1 saturated heterocycles. The molecule has 0 aromatic carbocycles. The van der Waals surface area contributed by atoms with E-state index >= 15 is 0 Å². The van der Waals surface area contributed by atoms with Crippen LogP contribution >= 0.6 is 0 Å². The zero-order chi connectivity index (χ0) is 26.6. The number of methoxy groups -OCH3 is 1. The molecule has 0 aromatic heterocycles. The van der Waals surface area contributed by atoms with Gasteiger partial charge in [-0.15, -0.1) is 0 Å². The van der Waals surface area contributed by atoms with Gasteiger partial charge in [0.2, 0.25) is 0 Å². The average molecular weight is 482 g/mol. The fraction of sp³-hybridized carbons (Fsp3) is 0.769. The van der Waals surface area contributed by atoms with E-state index in [2.05, 4.69) is 6.58 Å². The molecule has 1 heterocycles. The SMILES string of the molecule is C=C(C)[C@@H]1[C@@H](C)C(=O)[C@@H](C)C(=O)O[C@H](CC)[C@@](C)(OC=O)[C@H](N)[C@@H](C)C(=O)[C@H](C)C[C@@]1(C)OC. The molecular formula is C26H43NO7. The number of carbonyl (C=O) groups excluding carboxylic acids is 4. The Labute approximate surface area is 203 Å². The summed E-state index contributed by atoms with van der Waals surface area (Å²) in [5.74, 6) is -4.50. The van der Waals surface area contributed by atoms with Gasteiger partial charge in [0.15, 0.2) is 5.60 Å². The number of esters is 1. The zero-order valence-corrected chi connectivity index (χ0v) is 22.2. The third kappa shape index (κ3) is 5.77. The number of cyclic esters (lactones) is 1. The number of rotatable bonds is 5. The highest BCUT2D eigenvalue weighted by molar-refractivity contribution is 6.00. The first-order valence-corrected chi connectivity index (χ1v) is 12.0. The molecule has 0 bridgehead atoms. The van der Waals surface area contributed by atoms with E-state index < -0.39 is 58.9 Å². The first-order chi connectivity index (χ1) is 15.6. The smallest absolute Gasteiger partial charge is 0.316 e. The molecule has 0 amide bonds. The molecule has 1 rings (SSSR count). The fourth-order valence-corrected chi connectivity index (χ4v) is 5.64. The molecule has 8 heteroatoms. The molecule has 9 atom stereocenters. The topological polar surface area (TPSA) is 122 Å². The lowest BCUT2D eigenvalue weighted by molar-refractivity contribution is -0.185. The van der Waals surface area contributed by atoms with Crippen molar-refractivity contribution in [2.45, 2.75) is 91.6 Å². The molecule has 1 aliphatic heterocycles. The molecule has 0 aromatic rings. The fourth-order valence-electron chi connectivity index (χ4n) is 5.64. The molecule has 1 aliphatic rings. The van der Waals surface area contributed by atoms with E-state index in [1.165, 1.54) is 6.92 Å². The molecule has 1 fully saturated rings. The predicted molar refractivity (Wildman–Crippen MR) is 129 cm³/mol. The summed E-state index contributed by atoms with van der Waals surface area (Å²) in [7, 11) is 1.54. The maximum Gasteiger partial charge on any atom is 0.316 e. The normalized spacial score (nSPS) is 40.8. The van der Waals surface area contributed by atoms with Crippen LogP contribution < -0.4 is 5.73 Å². The van der Waals surface area contributed by atoms with Crippen molar-refractivity contribution in [3.8, 4) is 0 Å². The van der Waals surface area contributed by atoms with Crippen molar-refractivity contribution in [3.05, 3.63) is 12.2 Å². The van der Waals surface area contributed by atoms with Gasteiger partial charge < -0.3 is 19.9 Å². The van der Waals surface area contributed by atoms with Crippen LogP contribution in [-0.4, -0.2) is 54.5 Å². The van der Waals surface area contributed by atoms with Crippen LogP contribution in [0.15, 0.2) is 12.2 Å². The summed E-state index contributed by atoms with van der Waals surface area (Å²) in [5.41, 5.74) is 4.86. The van der Waals surface area contributed by atoms with E-state index in [4.69, 9.17) is 19.9 Å². The predicted octanol–water partition coefficient (Wildman–Crippen LogP) is 3.25. The van der Waals surface area contributed by atoms with Crippen LogP contribution in [0.2, 0.25) is 0 Å². The quantitative estimate of drug-likeness (QED) is 0.275. The first kappa shape index (κ1) is 30.0. The molecule has 2 N–H and O–H groups in total. The van der Waals surface area contributed by atoms with Gasteiger partial charge in [0.05, 0.1) is 11.6 Å². The standard InChI is InChI=1S/C26H43NO7/c1-11-19-26(9,33-13-28)23(27)17(6)21(29)15(4)12-25(8,32-10)20(14(2)3)16(5)22(30)18(7)24(31)34-19/h13,15-20,23H,2,11-12,27H2,1,3-10H3/t15-,16-,17+,18-,19-,20-,23-,25-,26-/m1/s1. The molecule has 8 nitrogen and oxygen atoms in total. The maximum atomic E-state index is 13.5. The summed E-state index contributed by atoms with van der Waals surface area (Å²) in [4.78, 5) is 51.4. The van der Waals surface area contributed by atoms with Crippen molar-refractivity contribution in [2.75, 3.05) is 7.11 Å². The highest BCUT2D eigenvalue weighted by Gasteiger charge is 2.51. The van der Waals surface area contributed by atoms with Gasteiger partial charge in [-0.1, -0.05) is 39.8 Å². The number of Topliss-reactive ketones (excluding diaryl/α,β-unsaturated/α-hetero) is 2. The maximum absolute atomic E-state index is 13.5. The Kier molecular flexibility index (Phi) is 10.2. The van der Waals surface area contributed by atoms with Crippen LogP contribution in [0.3, 0.4) is 0 Å². The molecule has 0 saturated carbocycles. The van der Waals surface area contributed by atoms with Gasteiger partial charge in [0, 0.05) is 30.8 Å². The van der Waals surface area contributed by atoms with Gasteiger partial charge in [-0.2, -0.15) is 0 Å². The van der Waals surface area contributed by atoms with Gasteiger partial charge in [-0.05, 0) is 40.5 Å². The van der Waals surface area contributed by atoms with Crippen molar-refractivity contribution >= 4 is 24.0 Å². The Morgan fingerprint density at radius 3 is 2.15 bits per heavy atom. The minimum absolute atomic E-state index is 0.137. The number of nitrogens with two attached hydrogens (primary N) is 1. The summed E-state index contributed by atoms with van der Waals surface area (Å²) < 4.78 is 17.0. The van der Waals surface area contributed by atoms with E-state index in [-0.39, 0.29) is 24.5 Å². The van der Waals surface area contributed by atoms with E-state index in [0.29, 0.717) is 6.42 Å². The number of carbonyl (C=O) groups is 4. The molecule has 34 heavy (non-hydrogen) atoms. The lowest BCUT2D eigenvalue weighted by atomic mass is 9.68. The Bertz CT molecular complexity index is 796. The highest BCUT2D eigenvalue weighted by Crippen LogP contribution is 2.41. The van der Waals surface area contributed by atoms with Crippen LogP contribution in [0.4, 0.5) is 0 Å². The lowest BCUT2D eigenvalue weighted by Gasteiger charge is -2.44. The van der Waals surface area contributed by atoms with Gasteiger partial charge >= 0.3 is 5.97 Å². The van der Waals surface area contributed by atoms with Crippen molar-refractivity contribution in [1.82, 2.24) is 0 Å². The number of hydrogen-bond donors (Lipinski definition) is 1. The zero-order valence-electron chi connectivity index (χ0n) is 22.2. The van der Waals surface area contributed by atoms with Gasteiger partial charge in [0.25, 0.3) is 6.47 Å². The molecule has 0 unspecified atom stereocenters. The van der Waals surface area contributed by atoms with Crippen LogP contribution in [0.25, 0.3) is 0 Å². The van der Waals surface area contributed by atoms with Gasteiger partial charge in [-0.3, -0.25) is 19.2 Å². The molecule has 0 radical (unpaired) electrons. The largest absolute Gasteiger partial charge is 0.458 e. The minimum atomic E-state index is -1.47. The Hall–Kier alpha value is -2.06. The van der Waals surface area contributed by atoms with E-state index in [0.717, 1.165) is 5.57 Å². The lowest BCUT2D eigenvalue weighted by Crippen LogP contribution is -2.61. The molecular weight excluding hydrogens is 438 g/mol. The van der Waals surface area contributed by atoms with Crippen LogP contribution in [0.5, 0.6) is 0 Å². The van der Waals surface area contributed by atoms with Crippen LogP contribution in [0, 0.1) is 29.6 Å². The third-order valence-corrected chi connectivity index (χ3v) is 7.80. The second-order valence-electron chi connectivity index (χ2n) is 10.3. The van der Waals surface area contributed by atoms with Crippen molar-refractivity contribution in [3.63, 3.8) is 0 Å². The third-order valence-electron chi connectivity index (χ3n) is 7.80. The van der Waals surface area contributed by atoms with Gasteiger partial charge in [-0.25, -0.2) is 0 Å². The molecule has 0 spiro atoms. The Balaban J connectivity index is 3.72. The van der Waals surface area contributed by atoms with Crippen LogP contribution in [0.1, 0.15) is 68.2 Å². The Morgan fingerprint density at radius 2 is 1.71 bits per heavy atom.